The van der Waals surface area contributed by atoms with Crippen LogP contribution in [0.4, 0.5) is 5.69 Å². The third kappa shape index (κ3) is 4.05. The molecule has 1 amide bonds. The van der Waals surface area contributed by atoms with E-state index >= 15 is 0 Å². The van der Waals surface area contributed by atoms with Crippen molar-refractivity contribution in [2.45, 2.75) is 26.1 Å². The van der Waals surface area contributed by atoms with Crippen LogP contribution < -0.4 is 10.2 Å². The predicted octanol–water partition coefficient (Wildman–Crippen LogP) is 0.189. The summed E-state index contributed by atoms with van der Waals surface area (Å²) in [5, 5.41) is 11.7. The predicted molar refractivity (Wildman–Crippen MR) is 75.4 cm³/mol. The number of hydrogen-bond donors (Lipinski definition) is 2. The van der Waals surface area contributed by atoms with Gasteiger partial charge in [-0.2, -0.15) is 5.26 Å². The fraction of sp³-hybridized carbons (Fsp3) is 0.467. The molecule has 1 aliphatic rings. The lowest BCUT2D eigenvalue weighted by molar-refractivity contribution is -0.907. The number of nitriles is 1. The Morgan fingerprint density at radius 3 is 2.80 bits per heavy atom. The molecule has 20 heavy (non-hydrogen) atoms. The molecule has 1 aliphatic heterocycles. The molecule has 0 radical (unpaired) electrons. The molecule has 0 aromatic heterocycles. The number of nitrogens with zero attached hydrogens (tertiary/aromatic N) is 1. The molecule has 1 aromatic carbocycles. The van der Waals surface area contributed by atoms with Crippen LogP contribution in [-0.2, 0) is 9.53 Å². The lowest BCUT2D eigenvalue weighted by Crippen LogP contribution is -3.16. The van der Waals surface area contributed by atoms with Crippen LogP contribution in [0.1, 0.15) is 19.4 Å². The quantitative estimate of drug-likeness (QED) is 0.827. The van der Waals surface area contributed by atoms with Crippen molar-refractivity contribution in [3.8, 4) is 6.07 Å². The van der Waals surface area contributed by atoms with Crippen molar-refractivity contribution in [1.29, 1.82) is 5.26 Å². The molecule has 1 heterocycles. The second-order valence-corrected chi connectivity index (χ2v) is 5.33. The molecule has 1 unspecified atom stereocenters. The summed E-state index contributed by atoms with van der Waals surface area (Å²) in [6.45, 7) is 6.18. The molecule has 2 rings (SSSR count). The molecular formula is C15H20N3O2+. The molecule has 0 aliphatic carbocycles. The van der Waals surface area contributed by atoms with Gasteiger partial charge in [-0.1, -0.05) is 6.07 Å². The molecule has 1 saturated heterocycles. The molecular weight excluding hydrogens is 254 g/mol. The van der Waals surface area contributed by atoms with Crippen molar-refractivity contribution in [2.75, 3.05) is 25.0 Å². The maximum atomic E-state index is 12.0. The minimum atomic E-state index is -0.0311. The smallest absolute Gasteiger partial charge is 0.279 e. The van der Waals surface area contributed by atoms with E-state index in [1.807, 2.05) is 13.8 Å². The number of morpholine rings is 1. The summed E-state index contributed by atoms with van der Waals surface area (Å²) in [6, 6.07) is 9.01. The number of rotatable bonds is 3. The van der Waals surface area contributed by atoms with Crippen LogP contribution in [-0.4, -0.2) is 37.7 Å². The average Bonchev–Trinajstić information content (AvgIpc) is 2.37. The number of anilines is 1. The van der Waals surface area contributed by atoms with Gasteiger partial charge in [0.25, 0.3) is 5.91 Å². The molecule has 106 valence electrons. The zero-order chi connectivity index (χ0) is 14.5. The Bertz CT molecular complexity index is 514. The Labute approximate surface area is 119 Å². The minimum absolute atomic E-state index is 0.0311. The topological polar surface area (TPSA) is 66.6 Å². The maximum absolute atomic E-state index is 12.0. The van der Waals surface area contributed by atoms with Gasteiger partial charge in [-0.05, 0) is 32.0 Å². The van der Waals surface area contributed by atoms with Gasteiger partial charge in [0.1, 0.15) is 25.3 Å². The Balaban J connectivity index is 1.90. The number of carbonyl (C=O) groups excluding carboxylic acids is 1. The molecule has 0 bridgehead atoms. The summed E-state index contributed by atoms with van der Waals surface area (Å²) in [6.07, 6.45) is 0.368. The van der Waals surface area contributed by atoms with Gasteiger partial charge >= 0.3 is 0 Å². The Kier molecular flexibility index (Phi) is 4.72. The van der Waals surface area contributed by atoms with Crippen LogP contribution in [0.3, 0.4) is 0 Å². The Morgan fingerprint density at radius 1 is 1.45 bits per heavy atom. The minimum Gasteiger partial charge on any atom is -0.364 e. The highest BCUT2D eigenvalue weighted by molar-refractivity contribution is 5.91. The first kappa shape index (κ1) is 14.5. The fourth-order valence-corrected chi connectivity index (χ4v) is 2.63. The Hall–Kier alpha value is -1.90. The van der Waals surface area contributed by atoms with Gasteiger partial charge in [-0.3, -0.25) is 4.79 Å². The molecule has 5 nitrogen and oxygen atoms in total. The van der Waals surface area contributed by atoms with Crippen LogP contribution in [0, 0.1) is 11.3 Å². The average molecular weight is 274 g/mol. The number of hydrogen-bond acceptors (Lipinski definition) is 3. The van der Waals surface area contributed by atoms with E-state index in [0.717, 1.165) is 13.1 Å². The van der Waals surface area contributed by atoms with E-state index in [9.17, 15) is 4.79 Å². The third-order valence-corrected chi connectivity index (χ3v) is 3.30. The van der Waals surface area contributed by atoms with E-state index < -0.39 is 0 Å². The lowest BCUT2D eigenvalue weighted by Gasteiger charge is -2.31. The van der Waals surface area contributed by atoms with Crippen LogP contribution >= 0.6 is 0 Å². The number of quaternary nitrogens is 1. The van der Waals surface area contributed by atoms with Gasteiger partial charge in [0.2, 0.25) is 0 Å². The largest absolute Gasteiger partial charge is 0.364 e. The van der Waals surface area contributed by atoms with E-state index in [0.29, 0.717) is 17.8 Å². The lowest BCUT2D eigenvalue weighted by atomic mass is 10.2. The molecule has 2 N–H and O–H groups in total. The van der Waals surface area contributed by atoms with Gasteiger partial charge in [0.05, 0.1) is 11.6 Å². The second kappa shape index (κ2) is 6.51. The fourth-order valence-electron chi connectivity index (χ4n) is 2.63. The van der Waals surface area contributed by atoms with E-state index in [1.54, 1.807) is 24.3 Å². The monoisotopic (exact) mass is 274 g/mol. The zero-order valence-corrected chi connectivity index (χ0v) is 11.8. The summed E-state index contributed by atoms with van der Waals surface area (Å²) in [4.78, 5) is 13.3. The van der Waals surface area contributed by atoms with E-state index in [4.69, 9.17) is 10.00 Å². The molecule has 0 saturated carbocycles. The number of ether oxygens (including phenoxy) is 1. The van der Waals surface area contributed by atoms with Gasteiger partial charge < -0.3 is 15.0 Å². The first-order valence-electron chi connectivity index (χ1n) is 6.86. The van der Waals surface area contributed by atoms with E-state index in [1.165, 1.54) is 4.90 Å². The van der Waals surface area contributed by atoms with E-state index in [2.05, 4.69) is 11.4 Å². The molecule has 3 atom stereocenters. The molecule has 5 heteroatoms. The first-order chi connectivity index (χ1) is 9.56. The number of amides is 1. The number of benzene rings is 1. The highest BCUT2D eigenvalue weighted by Crippen LogP contribution is 2.09. The summed E-state index contributed by atoms with van der Waals surface area (Å²) >= 11 is 0. The summed E-state index contributed by atoms with van der Waals surface area (Å²) in [5.74, 6) is -0.0311. The summed E-state index contributed by atoms with van der Waals surface area (Å²) in [5.41, 5.74) is 1.21. The van der Waals surface area contributed by atoms with Gasteiger partial charge in [-0.15, -0.1) is 0 Å². The van der Waals surface area contributed by atoms with Crippen LogP contribution in [0.15, 0.2) is 24.3 Å². The first-order valence-corrected chi connectivity index (χ1v) is 6.86. The van der Waals surface area contributed by atoms with Gasteiger partial charge in [-0.25, -0.2) is 0 Å². The second-order valence-electron chi connectivity index (χ2n) is 5.33. The highest BCUT2D eigenvalue weighted by Gasteiger charge is 2.27. The van der Waals surface area contributed by atoms with E-state index in [-0.39, 0.29) is 18.1 Å². The normalized spacial score (nSPS) is 25.8. The molecule has 1 fully saturated rings. The van der Waals surface area contributed by atoms with Gasteiger partial charge in [0.15, 0.2) is 6.54 Å². The SMILES string of the molecule is C[C@@H]1C[NH+](CC(=O)Nc2cccc(C#N)c2)C[C@H](C)O1. The standard InChI is InChI=1S/C15H19N3O2/c1-11-8-18(9-12(2)20-11)10-15(19)17-14-5-3-4-13(6-14)7-16/h3-6,11-12H,8-10H2,1-2H3,(H,17,19)/p+1/t11-,12+. The number of nitrogens with one attached hydrogen (secondary N) is 2. The van der Waals surface area contributed by atoms with Crippen molar-refractivity contribution in [3.63, 3.8) is 0 Å². The zero-order valence-electron chi connectivity index (χ0n) is 11.8. The number of carbonyl (C=O) groups is 1. The summed E-state index contributed by atoms with van der Waals surface area (Å²) in [7, 11) is 0. The van der Waals surface area contributed by atoms with Crippen LogP contribution in [0.5, 0.6) is 0 Å². The van der Waals surface area contributed by atoms with Crippen molar-refractivity contribution < 1.29 is 14.4 Å². The summed E-state index contributed by atoms with van der Waals surface area (Å²) < 4.78 is 5.66. The molecule has 1 aromatic rings. The van der Waals surface area contributed by atoms with Crippen LogP contribution in [0.2, 0.25) is 0 Å². The van der Waals surface area contributed by atoms with Crippen molar-refractivity contribution in [3.05, 3.63) is 29.8 Å². The van der Waals surface area contributed by atoms with Crippen molar-refractivity contribution >= 4 is 11.6 Å². The highest BCUT2D eigenvalue weighted by atomic mass is 16.5. The maximum Gasteiger partial charge on any atom is 0.279 e. The van der Waals surface area contributed by atoms with Crippen molar-refractivity contribution in [1.82, 2.24) is 0 Å². The third-order valence-electron chi connectivity index (χ3n) is 3.30. The van der Waals surface area contributed by atoms with Crippen molar-refractivity contribution in [2.24, 2.45) is 0 Å². The Morgan fingerprint density at radius 2 is 2.15 bits per heavy atom. The molecule has 0 spiro atoms. The van der Waals surface area contributed by atoms with Crippen LogP contribution in [0.25, 0.3) is 0 Å². The van der Waals surface area contributed by atoms with Gasteiger partial charge in [0, 0.05) is 5.69 Å².